The van der Waals surface area contributed by atoms with Crippen LogP contribution in [0.15, 0.2) is 53.5 Å². The summed E-state index contributed by atoms with van der Waals surface area (Å²) in [6.07, 6.45) is 1.75. The first-order valence-corrected chi connectivity index (χ1v) is 8.27. The summed E-state index contributed by atoms with van der Waals surface area (Å²) in [6, 6.07) is 15.5. The van der Waals surface area contributed by atoms with E-state index in [-0.39, 0.29) is 0 Å². The van der Waals surface area contributed by atoms with E-state index in [9.17, 15) is 0 Å². The van der Waals surface area contributed by atoms with Crippen LogP contribution >= 0.6 is 22.9 Å². The van der Waals surface area contributed by atoms with Gasteiger partial charge in [0.1, 0.15) is 5.75 Å². The fourth-order valence-electron chi connectivity index (χ4n) is 2.16. The fraction of sp³-hybridized carbons (Fsp3) is 0.111. The van der Waals surface area contributed by atoms with E-state index in [0.717, 1.165) is 27.4 Å². The average Bonchev–Trinajstić information content (AvgIpc) is 2.95. The molecule has 0 bridgehead atoms. The second-order valence-electron chi connectivity index (χ2n) is 4.91. The van der Waals surface area contributed by atoms with Crippen LogP contribution in [0.2, 0.25) is 5.02 Å². The number of nitrogens with zero attached hydrogens (tertiary/aromatic N) is 2. The van der Waals surface area contributed by atoms with Crippen molar-refractivity contribution in [3.8, 4) is 17.0 Å². The second kappa shape index (κ2) is 6.94. The van der Waals surface area contributed by atoms with E-state index in [2.05, 4.69) is 9.98 Å². The van der Waals surface area contributed by atoms with Gasteiger partial charge < -0.3 is 4.74 Å². The molecule has 2 aromatic carbocycles. The maximum absolute atomic E-state index is 6.13. The number of ether oxygens (including phenoxy) is 1. The van der Waals surface area contributed by atoms with Gasteiger partial charge in [-0.1, -0.05) is 41.1 Å². The number of benzene rings is 2. The Morgan fingerprint density at radius 1 is 1.13 bits per heavy atom. The van der Waals surface area contributed by atoms with Crippen molar-refractivity contribution in [2.75, 3.05) is 7.11 Å². The van der Waals surface area contributed by atoms with E-state index in [1.165, 1.54) is 0 Å². The van der Waals surface area contributed by atoms with Crippen molar-refractivity contribution in [2.24, 2.45) is 4.99 Å². The van der Waals surface area contributed by atoms with Crippen LogP contribution in [0, 0.1) is 6.92 Å². The predicted octanol–water partition coefficient (Wildman–Crippen LogP) is 5.53. The van der Waals surface area contributed by atoms with Gasteiger partial charge in [-0.25, -0.2) is 9.98 Å². The predicted molar refractivity (Wildman–Crippen MR) is 97.5 cm³/mol. The first kappa shape index (κ1) is 15.7. The van der Waals surface area contributed by atoms with Crippen molar-refractivity contribution in [3.63, 3.8) is 0 Å². The third kappa shape index (κ3) is 3.60. The summed E-state index contributed by atoms with van der Waals surface area (Å²) in [5, 5.41) is 1.40. The third-order valence-electron chi connectivity index (χ3n) is 3.37. The fourth-order valence-corrected chi connectivity index (χ4v) is 3.12. The quantitative estimate of drug-likeness (QED) is 0.584. The van der Waals surface area contributed by atoms with Crippen LogP contribution in [0.25, 0.3) is 11.3 Å². The lowest BCUT2D eigenvalue weighted by atomic mass is 10.1. The molecule has 0 aliphatic carbocycles. The van der Waals surface area contributed by atoms with Gasteiger partial charge in [0, 0.05) is 27.2 Å². The van der Waals surface area contributed by atoms with Gasteiger partial charge in [0.15, 0.2) is 0 Å². The number of methoxy groups -OCH3 is 1. The smallest absolute Gasteiger partial charge is 0.209 e. The lowest BCUT2D eigenvalue weighted by Gasteiger charge is -2.01. The molecule has 0 atom stereocenters. The van der Waals surface area contributed by atoms with Crippen molar-refractivity contribution < 1.29 is 4.74 Å². The monoisotopic (exact) mass is 342 g/mol. The molecule has 23 heavy (non-hydrogen) atoms. The van der Waals surface area contributed by atoms with Crippen LogP contribution in [-0.4, -0.2) is 18.3 Å². The number of aryl methyl sites for hydroxylation is 1. The van der Waals surface area contributed by atoms with Gasteiger partial charge in [0.2, 0.25) is 5.13 Å². The first-order valence-electron chi connectivity index (χ1n) is 7.08. The van der Waals surface area contributed by atoms with E-state index in [0.29, 0.717) is 10.2 Å². The molecule has 116 valence electrons. The van der Waals surface area contributed by atoms with Gasteiger partial charge in [-0.2, -0.15) is 0 Å². The Hall–Kier alpha value is -2.17. The molecule has 0 saturated heterocycles. The highest BCUT2D eigenvalue weighted by molar-refractivity contribution is 7.15. The molecular weight excluding hydrogens is 328 g/mol. The zero-order valence-corrected chi connectivity index (χ0v) is 14.4. The molecule has 0 radical (unpaired) electrons. The highest BCUT2D eigenvalue weighted by Crippen LogP contribution is 2.32. The van der Waals surface area contributed by atoms with Crippen molar-refractivity contribution in [3.05, 3.63) is 64.0 Å². The summed E-state index contributed by atoms with van der Waals surface area (Å²) in [5.41, 5.74) is 2.88. The zero-order chi connectivity index (χ0) is 16.2. The molecule has 0 aliphatic rings. The Balaban J connectivity index is 1.87. The number of hydrogen-bond donors (Lipinski definition) is 0. The van der Waals surface area contributed by atoms with Crippen molar-refractivity contribution >= 4 is 34.3 Å². The molecule has 1 aromatic heterocycles. The lowest BCUT2D eigenvalue weighted by Crippen LogP contribution is -1.84. The van der Waals surface area contributed by atoms with Crippen LogP contribution in [-0.2, 0) is 0 Å². The highest BCUT2D eigenvalue weighted by atomic mass is 35.5. The largest absolute Gasteiger partial charge is 0.497 e. The molecule has 0 saturated carbocycles. The van der Waals surface area contributed by atoms with Gasteiger partial charge in [0.25, 0.3) is 0 Å². The lowest BCUT2D eigenvalue weighted by molar-refractivity contribution is 0.415. The molecule has 3 aromatic rings. The topological polar surface area (TPSA) is 34.5 Å². The number of halogens is 1. The van der Waals surface area contributed by atoms with Crippen LogP contribution in [0.5, 0.6) is 5.75 Å². The van der Waals surface area contributed by atoms with Crippen LogP contribution in [0.1, 0.15) is 10.4 Å². The van der Waals surface area contributed by atoms with Crippen LogP contribution in [0.3, 0.4) is 0 Å². The molecule has 0 N–H and O–H groups in total. The molecule has 5 heteroatoms. The minimum absolute atomic E-state index is 0.680. The number of hydrogen-bond acceptors (Lipinski definition) is 4. The Kier molecular flexibility index (Phi) is 4.74. The molecule has 3 rings (SSSR count). The third-order valence-corrected chi connectivity index (χ3v) is 4.59. The minimum Gasteiger partial charge on any atom is -0.497 e. The van der Waals surface area contributed by atoms with Gasteiger partial charge in [-0.3, -0.25) is 0 Å². The maximum Gasteiger partial charge on any atom is 0.209 e. The molecule has 0 amide bonds. The number of thiazole rings is 1. The molecule has 3 nitrogen and oxygen atoms in total. The van der Waals surface area contributed by atoms with E-state index < -0.39 is 0 Å². The van der Waals surface area contributed by atoms with Crippen molar-refractivity contribution in [1.29, 1.82) is 0 Å². The Morgan fingerprint density at radius 3 is 2.57 bits per heavy atom. The Bertz CT molecular complexity index is 840. The van der Waals surface area contributed by atoms with Crippen LogP contribution < -0.4 is 4.74 Å². The summed E-state index contributed by atoms with van der Waals surface area (Å²) in [5.74, 6) is 0.832. The number of rotatable bonds is 4. The average molecular weight is 343 g/mol. The number of aliphatic imine (C=N–C) groups is 1. The summed E-state index contributed by atoms with van der Waals surface area (Å²) >= 11 is 7.69. The van der Waals surface area contributed by atoms with Gasteiger partial charge in [-0.15, -0.1) is 0 Å². The maximum atomic E-state index is 6.13. The SMILES string of the molecule is COc1ccc(-c2nc(N=Cc3ccccc3Cl)sc2C)cc1. The van der Waals surface area contributed by atoms with E-state index >= 15 is 0 Å². The van der Waals surface area contributed by atoms with Gasteiger partial charge >= 0.3 is 0 Å². The van der Waals surface area contributed by atoms with Crippen molar-refractivity contribution in [2.45, 2.75) is 6.92 Å². The first-order chi connectivity index (χ1) is 11.2. The van der Waals surface area contributed by atoms with Crippen LogP contribution in [0.4, 0.5) is 5.13 Å². The zero-order valence-electron chi connectivity index (χ0n) is 12.8. The van der Waals surface area contributed by atoms with E-state index in [1.807, 2.05) is 55.5 Å². The van der Waals surface area contributed by atoms with E-state index in [4.69, 9.17) is 16.3 Å². The number of aromatic nitrogens is 1. The summed E-state index contributed by atoms with van der Waals surface area (Å²) < 4.78 is 5.19. The normalized spacial score (nSPS) is 11.1. The standard InChI is InChI=1S/C18H15ClN2OS/c1-12-17(13-7-9-15(22-2)10-8-13)21-18(23-12)20-11-14-5-3-4-6-16(14)19/h3-11H,1-2H3. The highest BCUT2D eigenvalue weighted by Gasteiger charge is 2.09. The molecule has 0 unspecified atom stereocenters. The Labute approximate surface area is 144 Å². The van der Waals surface area contributed by atoms with Gasteiger partial charge in [0.05, 0.1) is 12.8 Å². The van der Waals surface area contributed by atoms with Gasteiger partial charge in [-0.05, 0) is 37.3 Å². The van der Waals surface area contributed by atoms with E-state index in [1.54, 1.807) is 24.7 Å². The summed E-state index contributed by atoms with van der Waals surface area (Å²) in [6.45, 7) is 2.05. The molecular formula is C18H15ClN2OS. The molecule has 1 heterocycles. The summed E-state index contributed by atoms with van der Waals surface area (Å²) in [4.78, 5) is 10.2. The molecule has 0 fully saturated rings. The minimum atomic E-state index is 0.680. The van der Waals surface area contributed by atoms with Crippen molar-refractivity contribution in [1.82, 2.24) is 4.98 Å². The summed E-state index contributed by atoms with van der Waals surface area (Å²) in [7, 11) is 1.66. The second-order valence-corrected chi connectivity index (χ2v) is 6.50. The molecule has 0 aliphatic heterocycles. The Morgan fingerprint density at radius 2 is 1.87 bits per heavy atom. The molecule has 0 spiro atoms.